The fourth-order valence-corrected chi connectivity index (χ4v) is 10.4. The average Bonchev–Trinajstić information content (AvgIpc) is 4.07. The van der Waals surface area contributed by atoms with Crippen LogP contribution in [0.25, 0.3) is 119 Å². The largest absolute Gasteiger partial charge is 0.456 e. The summed E-state index contributed by atoms with van der Waals surface area (Å²) in [4.78, 5) is 0. The van der Waals surface area contributed by atoms with E-state index in [0.29, 0.717) is 22.1 Å². The molecule has 0 atom stereocenters. The molecule has 3 nitrogen and oxygen atoms in total. The molecule has 13 aromatic rings. The van der Waals surface area contributed by atoms with Gasteiger partial charge in [0, 0.05) is 69.9 Å². The molecule has 0 saturated carbocycles. The summed E-state index contributed by atoms with van der Waals surface area (Å²) in [6.07, 6.45) is 0. The highest BCUT2D eigenvalue weighted by Gasteiger charge is 2.19. The molecule has 4 heterocycles. The molecule has 0 aliphatic heterocycles. The molecule has 0 saturated heterocycles. The lowest BCUT2D eigenvalue weighted by Crippen LogP contribution is -1.93. The van der Waals surface area contributed by atoms with E-state index in [1.165, 1.54) is 42.0 Å². The van der Waals surface area contributed by atoms with Crippen LogP contribution >= 0.6 is 11.3 Å². The zero-order valence-corrected chi connectivity index (χ0v) is 31.6. The van der Waals surface area contributed by atoms with Gasteiger partial charge in [0.2, 0.25) is 0 Å². The number of hydrogen-bond acceptors (Lipinski definition) is 2. The standard InChI is InChI=1S/C54H32N2OS/c1-2-11-33(12-3-1)38-16-10-19-50-54(38)43-26-24-36(31-51(43)57-50)55-46-17-7-4-13-39(46)44-29-34(21-27-48(44)55)35-22-28-49-45(30-35)40-14-5-8-18-47(40)56(49)37-23-25-42-41-15-6-9-20-52(41)58-53(42)32-37/h1-32H/i1D,2D,3D,11D,12D. The molecular formula is C54H32N2OS. The van der Waals surface area contributed by atoms with Crippen LogP contribution in [0.15, 0.2) is 198 Å². The Balaban J connectivity index is 0.942. The van der Waals surface area contributed by atoms with E-state index in [9.17, 15) is 0 Å². The molecule has 0 bridgehead atoms. The monoisotopic (exact) mass is 761 g/mol. The van der Waals surface area contributed by atoms with Crippen LogP contribution in [0.2, 0.25) is 0 Å². The number of fused-ring (bicyclic) bond motifs is 12. The maximum atomic E-state index is 8.69. The normalized spacial score (nSPS) is 13.3. The summed E-state index contributed by atoms with van der Waals surface area (Å²) < 4.78 is 55.8. The van der Waals surface area contributed by atoms with Crippen LogP contribution in [0.4, 0.5) is 0 Å². The highest BCUT2D eigenvalue weighted by molar-refractivity contribution is 7.25. The van der Waals surface area contributed by atoms with Crippen molar-refractivity contribution in [3.63, 3.8) is 0 Å². The molecule has 0 spiro atoms. The second-order valence-corrected chi connectivity index (χ2v) is 16.0. The topological polar surface area (TPSA) is 23.0 Å². The third-order valence-electron chi connectivity index (χ3n) is 11.8. The molecule has 13 rings (SSSR count). The molecule has 58 heavy (non-hydrogen) atoms. The Morgan fingerprint density at radius 3 is 1.69 bits per heavy atom. The summed E-state index contributed by atoms with van der Waals surface area (Å²) in [6.45, 7) is 0. The van der Waals surface area contributed by atoms with Gasteiger partial charge in [-0.25, -0.2) is 0 Å². The van der Waals surface area contributed by atoms with Crippen LogP contribution in [0.3, 0.4) is 0 Å². The molecule has 0 amide bonds. The highest BCUT2D eigenvalue weighted by Crippen LogP contribution is 2.42. The van der Waals surface area contributed by atoms with E-state index < -0.39 is 6.04 Å². The highest BCUT2D eigenvalue weighted by atomic mass is 32.1. The molecule has 4 heteroatoms. The number of furan rings is 1. The second kappa shape index (κ2) is 12.1. The predicted molar refractivity (Wildman–Crippen MR) is 246 cm³/mol. The van der Waals surface area contributed by atoms with Gasteiger partial charge in [-0.3, -0.25) is 0 Å². The van der Waals surface area contributed by atoms with E-state index in [1.54, 1.807) is 12.1 Å². The van der Waals surface area contributed by atoms with E-state index in [1.807, 2.05) is 29.5 Å². The van der Waals surface area contributed by atoms with Gasteiger partial charge in [0.15, 0.2) is 0 Å². The fourth-order valence-electron chi connectivity index (χ4n) is 9.26. The van der Waals surface area contributed by atoms with Crippen LogP contribution in [-0.2, 0) is 0 Å². The maximum absolute atomic E-state index is 8.69. The van der Waals surface area contributed by atoms with Gasteiger partial charge in [-0.05, 0) is 95.1 Å². The van der Waals surface area contributed by atoms with E-state index in [-0.39, 0.29) is 29.7 Å². The number of rotatable bonds is 4. The number of thiophene rings is 1. The van der Waals surface area contributed by atoms with Gasteiger partial charge in [0.1, 0.15) is 11.2 Å². The lowest BCUT2D eigenvalue weighted by molar-refractivity contribution is 0.668. The Hall–Kier alpha value is -7.40. The molecule has 0 N–H and O–H groups in total. The zero-order valence-electron chi connectivity index (χ0n) is 35.8. The Labute approximate surface area is 343 Å². The van der Waals surface area contributed by atoms with E-state index in [2.05, 4.69) is 143 Å². The summed E-state index contributed by atoms with van der Waals surface area (Å²) >= 11 is 1.84. The van der Waals surface area contributed by atoms with Crippen LogP contribution in [-0.4, -0.2) is 9.13 Å². The Bertz CT molecular complexity index is 4090. The summed E-state index contributed by atoms with van der Waals surface area (Å²) in [7, 11) is 0. The maximum Gasteiger partial charge on any atom is 0.137 e. The molecule has 4 aromatic heterocycles. The van der Waals surface area contributed by atoms with Crippen molar-refractivity contribution in [2.45, 2.75) is 0 Å². The zero-order chi connectivity index (χ0) is 42.2. The molecule has 0 unspecified atom stereocenters. The molecule has 0 aliphatic carbocycles. The van der Waals surface area contributed by atoms with Gasteiger partial charge in [0.25, 0.3) is 0 Å². The quantitative estimate of drug-likeness (QED) is 0.175. The van der Waals surface area contributed by atoms with Crippen LogP contribution in [0.5, 0.6) is 0 Å². The molecule has 0 fully saturated rings. The summed E-state index contributed by atoms with van der Waals surface area (Å²) in [6, 6.07) is 56.1. The summed E-state index contributed by atoms with van der Waals surface area (Å²) in [5.74, 6) is 0. The number of nitrogens with zero attached hydrogens (tertiary/aromatic N) is 2. The predicted octanol–water partition coefficient (Wildman–Crippen LogP) is 15.5. The Morgan fingerprint density at radius 1 is 0.397 bits per heavy atom. The Kier molecular flexibility index (Phi) is 5.66. The third-order valence-corrected chi connectivity index (χ3v) is 12.9. The number of benzene rings is 9. The lowest BCUT2D eigenvalue weighted by atomic mass is 9.99. The van der Waals surface area contributed by atoms with Crippen LogP contribution in [0, 0.1) is 0 Å². The second-order valence-electron chi connectivity index (χ2n) is 14.9. The first-order chi connectivity index (χ1) is 30.8. The minimum Gasteiger partial charge on any atom is -0.456 e. The van der Waals surface area contributed by atoms with Crippen molar-refractivity contribution >= 4 is 97.1 Å². The fraction of sp³-hybridized carbons (Fsp3) is 0. The van der Waals surface area contributed by atoms with Crippen molar-refractivity contribution in [3.8, 4) is 33.6 Å². The molecule has 9 aromatic carbocycles. The minimum absolute atomic E-state index is 0.159. The SMILES string of the molecule is [2H]c1c([2H])c([2H])c(-c2cccc3oc4cc(-n5c6ccccc6c6cc(-c7ccc8c(c7)c7ccccc7n8-c7ccc8c(c7)sc7ccccc78)ccc65)ccc4c23)c([2H])c1[2H]. The van der Waals surface area contributed by atoms with E-state index >= 15 is 0 Å². The van der Waals surface area contributed by atoms with Gasteiger partial charge in [-0.15, -0.1) is 11.3 Å². The first-order valence-electron chi connectivity index (χ1n) is 21.8. The van der Waals surface area contributed by atoms with Crippen molar-refractivity contribution in [2.75, 3.05) is 0 Å². The summed E-state index contributed by atoms with van der Waals surface area (Å²) in [5.41, 5.74) is 10.7. The molecule has 0 aliphatic rings. The lowest BCUT2D eigenvalue weighted by Gasteiger charge is -2.10. The van der Waals surface area contributed by atoms with Crippen molar-refractivity contribution in [3.05, 3.63) is 194 Å². The van der Waals surface area contributed by atoms with Crippen molar-refractivity contribution < 1.29 is 11.3 Å². The van der Waals surface area contributed by atoms with Crippen molar-refractivity contribution in [1.29, 1.82) is 0 Å². The van der Waals surface area contributed by atoms with Gasteiger partial charge < -0.3 is 13.6 Å². The molecule has 270 valence electrons. The van der Waals surface area contributed by atoms with Gasteiger partial charge in [-0.1, -0.05) is 115 Å². The van der Waals surface area contributed by atoms with E-state index in [4.69, 9.17) is 11.3 Å². The van der Waals surface area contributed by atoms with Gasteiger partial charge in [0.05, 0.1) is 28.9 Å². The smallest absolute Gasteiger partial charge is 0.137 e. The van der Waals surface area contributed by atoms with Crippen LogP contribution < -0.4 is 0 Å². The van der Waals surface area contributed by atoms with Crippen LogP contribution in [0.1, 0.15) is 6.85 Å². The summed E-state index contributed by atoms with van der Waals surface area (Å²) in [5, 5.41) is 8.79. The minimum atomic E-state index is -0.414. The number of hydrogen-bond donors (Lipinski definition) is 0. The number of aromatic nitrogens is 2. The average molecular weight is 762 g/mol. The third kappa shape index (κ3) is 4.55. The van der Waals surface area contributed by atoms with Crippen molar-refractivity contribution in [2.24, 2.45) is 0 Å². The first kappa shape index (κ1) is 27.2. The van der Waals surface area contributed by atoms with E-state index in [0.717, 1.165) is 49.7 Å². The first-order valence-corrected chi connectivity index (χ1v) is 20.2. The van der Waals surface area contributed by atoms with Gasteiger partial charge in [-0.2, -0.15) is 0 Å². The van der Waals surface area contributed by atoms with Crippen molar-refractivity contribution in [1.82, 2.24) is 9.13 Å². The number of para-hydroxylation sites is 2. The molecular weight excluding hydrogens is 725 g/mol. The Morgan fingerprint density at radius 2 is 0.983 bits per heavy atom. The molecule has 0 radical (unpaired) electrons. The van der Waals surface area contributed by atoms with Gasteiger partial charge >= 0.3 is 0 Å².